The van der Waals surface area contributed by atoms with Gasteiger partial charge < -0.3 is 5.32 Å². The Hall–Kier alpha value is -0.640. The SMILES string of the molecule is CNCC1CCCCN1Cc1cc(F)cc(Cl)c1. The van der Waals surface area contributed by atoms with Gasteiger partial charge in [-0.1, -0.05) is 18.0 Å². The number of nitrogens with zero attached hydrogens (tertiary/aromatic N) is 1. The molecule has 1 aliphatic heterocycles. The first kappa shape index (κ1) is 13.8. The summed E-state index contributed by atoms with van der Waals surface area (Å²) >= 11 is 5.89. The van der Waals surface area contributed by atoms with Gasteiger partial charge in [0.15, 0.2) is 0 Å². The van der Waals surface area contributed by atoms with Crippen LogP contribution in [0.15, 0.2) is 18.2 Å². The van der Waals surface area contributed by atoms with E-state index in [1.54, 1.807) is 6.07 Å². The summed E-state index contributed by atoms with van der Waals surface area (Å²) in [5.74, 6) is -0.250. The van der Waals surface area contributed by atoms with E-state index in [1.807, 2.05) is 13.1 Å². The Bertz CT molecular complexity index is 375. The lowest BCUT2D eigenvalue weighted by atomic mass is 10.0. The third-order valence-electron chi connectivity index (χ3n) is 3.50. The van der Waals surface area contributed by atoms with Gasteiger partial charge in [-0.15, -0.1) is 0 Å². The van der Waals surface area contributed by atoms with Crippen LogP contribution >= 0.6 is 11.6 Å². The standard InChI is InChI=1S/C14H20ClFN2/c1-17-9-14-4-2-3-5-18(14)10-11-6-12(15)8-13(16)7-11/h6-8,14,17H,2-5,9-10H2,1H3. The van der Waals surface area contributed by atoms with E-state index in [0.29, 0.717) is 11.1 Å². The highest BCUT2D eigenvalue weighted by Crippen LogP contribution is 2.21. The normalized spacial score (nSPS) is 21.2. The maximum atomic E-state index is 13.3. The molecular weight excluding hydrogens is 251 g/mol. The Morgan fingerprint density at radius 1 is 1.39 bits per heavy atom. The number of benzene rings is 1. The van der Waals surface area contributed by atoms with E-state index in [9.17, 15) is 4.39 Å². The molecule has 0 aliphatic carbocycles. The molecular formula is C14H20ClFN2. The Morgan fingerprint density at radius 2 is 2.22 bits per heavy atom. The van der Waals surface area contributed by atoms with E-state index in [0.717, 1.165) is 25.2 Å². The molecule has 1 saturated heterocycles. The molecule has 1 atom stereocenters. The maximum absolute atomic E-state index is 13.3. The van der Waals surface area contributed by atoms with Crippen LogP contribution in [0.3, 0.4) is 0 Å². The average Bonchev–Trinajstić information content (AvgIpc) is 2.30. The Balaban J connectivity index is 2.05. The number of likely N-dealkylation sites (tertiary alicyclic amines) is 1. The van der Waals surface area contributed by atoms with Crippen molar-refractivity contribution in [1.29, 1.82) is 0 Å². The molecule has 0 spiro atoms. The van der Waals surface area contributed by atoms with Crippen molar-refractivity contribution in [2.75, 3.05) is 20.1 Å². The number of likely N-dealkylation sites (N-methyl/N-ethyl adjacent to an activating group) is 1. The molecule has 100 valence electrons. The van der Waals surface area contributed by atoms with Crippen molar-refractivity contribution in [3.63, 3.8) is 0 Å². The Labute approximate surface area is 113 Å². The van der Waals surface area contributed by atoms with Crippen LogP contribution in [0.2, 0.25) is 5.02 Å². The highest BCUT2D eigenvalue weighted by Gasteiger charge is 2.21. The minimum Gasteiger partial charge on any atom is -0.318 e. The van der Waals surface area contributed by atoms with Gasteiger partial charge in [-0.05, 0) is 50.2 Å². The van der Waals surface area contributed by atoms with E-state index >= 15 is 0 Å². The number of hydrogen-bond acceptors (Lipinski definition) is 2. The second kappa shape index (κ2) is 6.50. The van der Waals surface area contributed by atoms with E-state index in [-0.39, 0.29) is 5.82 Å². The van der Waals surface area contributed by atoms with Crippen LogP contribution in [-0.4, -0.2) is 31.1 Å². The van der Waals surface area contributed by atoms with Gasteiger partial charge in [0.25, 0.3) is 0 Å². The molecule has 0 amide bonds. The molecule has 0 bridgehead atoms. The van der Waals surface area contributed by atoms with Gasteiger partial charge in [0.2, 0.25) is 0 Å². The quantitative estimate of drug-likeness (QED) is 0.905. The molecule has 0 saturated carbocycles. The zero-order valence-corrected chi connectivity index (χ0v) is 11.5. The molecule has 2 nitrogen and oxygen atoms in total. The third kappa shape index (κ3) is 3.67. The van der Waals surface area contributed by atoms with Gasteiger partial charge in [0.1, 0.15) is 5.82 Å². The second-order valence-electron chi connectivity index (χ2n) is 4.96. The summed E-state index contributed by atoms with van der Waals surface area (Å²) in [7, 11) is 1.98. The van der Waals surface area contributed by atoms with Crippen LogP contribution < -0.4 is 5.32 Å². The van der Waals surface area contributed by atoms with E-state index < -0.39 is 0 Å². The minimum absolute atomic E-state index is 0.250. The van der Waals surface area contributed by atoms with Gasteiger partial charge in [-0.2, -0.15) is 0 Å². The molecule has 2 rings (SSSR count). The lowest BCUT2D eigenvalue weighted by Gasteiger charge is -2.35. The van der Waals surface area contributed by atoms with Crippen LogP contribution in [0.5, 0.6) is 0 Å². The smallest absolute Gasteiger partial charge is 0.125 e. The van der Waals surface area contributed by atoms with Gasteiger partial charge >= 0.3 is 0 Å². The van der Waals surface area contributed by atoms with Gasteiger partial charge in [0.05, 0.1) is 0 Å². The summed E-state index contributed by atoms with van der Waals surface area (Å²) in [4.78, 5) is 2.42. The highest BCUT2D eigenvalue weighted by atomic mass is 35.5. The molecule has 1 fully saturated rings. The molecule has 1 unspecified atom stereocenters. The molecule has 1 aromatic carbocycles. The zero-order chi connectivity index (χ0) is 13.0. The highest BCUT2D eigenvalue weighted by molar-refractivity contribution is 6.30. The summed E-state index contributed by atoms with van der Waals surface area (Å²) in [6, 6.07) is 5.34. The van der Waals surface area contributed by atoms with Crippen molar-refractivity contribution in [2.24, 2.45) is 0 Å². The van der Waals surface area contributed by atoms with E-state index in [1.165, 1.54) is 25.3 Å². The maximum Gasteiger partial charge on any atom is 0.125 e. The lowest BCUT2D eigenvalue weighted by Crippen LogP contribution is -2.44. The first-order valence-electron chi connectivity index (χ1n) is 6.52. The number of nitrogens with one attached hydrogen (secondary N) is 1. The fourth-order valence-corrected chi connectivity index (χ4v) is 2.92. The fourth-order valence-electron chi connectivity index (χ4n) is 2.67. The van der Waals surface area contributed by atoms with Crippen LogP contribution in [-0.2, 0) is 6.54 Å². The Kier molecular flexibility index (Phi) is 4.98. The van der Waals surface area contributed by atoms with Crippen molar-refractivity contribution in [2.45, 2.75) is 31.8 Å². The van der Waals surface area contributed by atoms with Crippen LogP contribution in [0.4, 0.5) is 4.39 Å². The van der Waals surface area contributed by atoms with Crippen molar-refractivity contribution in [1.82, 2.24) is 10.2 Å². The second-order valence-corrected chi connectivity index (χ2v) is 5.39. The molecule has 0 aromatic heterocycles. The van der Waals surface area contributed by atoms with Crippen molar-refractivity contribution in [3.8, 4) is 0 Å². The predicted octanol–water partition coefficient (Wildman–Crippen LogP) is 3.05. The molecule has 1 heterocycles. The summed E-state index contributed by atoms with van der Waals surface area (Å²) < 4.78 is 13.3. The zero-order valence-electron chi connectivity index (χ0n) is 10.8. The summed E-state index contributed by atoms with van der Waals surface area (Å²) in [6.45, 7) is 2.85. The van der Waals surface area contributed by atoms with Crippen molar-refractivity contribution in [3.05, 3.63) is 34.6 Å². The minimum atomic E-state index is -0.250. The van der Waals surface area contributed by atoms with Gasteiger partial charge in [-0.25, -0.2) is 4.39 Å². The van der Waals surface area contributed by atoms with Crippen molar-refractivity contribution >= 4 is 11.6 Å². The largest absolute Gasteiger partial charge is 0.318 e. The monoisotopic (exact) mass is 270 g/mol. The molecule has 1 N–H and O–H groups in total. The lowest BCUT2D eigenvalue weighted by molar-refractivity contribution is 0.139. The first-order valence-corrected chi connectivity index (χ1v) is 6.90. The summed E-state index contributed by atoms with van der Waals surface area (Å²) in [6.07, 6.45) is 3.72. The molecule has 18 heavy (non-hydrogen) atoms. The molecule has 0 radical (unpaired) electrons. The van der Waals surface area contributed by atoms with Crippen LogP contribution in [0.25, 0.3) is 0 Å². The van der Waals surface area contributed by atoms with Gasteiger partial charge in [-0.3, -0.25) is 4.90 Å². The number of rotatable bonds is 4. The number of hydrogen-bond donors (Lipinski definition) is 1. The average molecular weight is 271 g/mol. The summed E-state index contributed by atoms with van der Waals surface area (Å²) in [5, 5.41) is 3.71. The van der Waals surface area contributed by atoms with Gasteiger partial charge in [0, 0.05) is 24.2 Å². The Morgan fingerprint density at radius 3 is 2.94 bits per heavy atom. The predicted molar refractivity (Wildman–Crippen MR) is 73.4 cm³/mol. The van der Waals surface area contributed by atoms with E-state index in [4.69, 9.17) is 11.6 Å². The third-order valence-corrected chi connectivity index (χ3v) is 3.72. The first-order chi connectivity index (χ1) is 8.69. The van der Waals surface area contributed by atoms with Crippen LogP contribution in [0.1, 0.15) is 24.8 Å². The van der Waals surface area contributed by atoms with E-state index in [2.05, 4.69) is 10.2 Å². The van der Waals surface area contributed by atoms with Crippen molar-refractivity contribution < 1.29 is 4.39 Å². The molecule has 1 aromatic rings. The topological polar surface area (TPSA) is 15.3 Å². The number of piperidine rings is 1. The van der Waals surface area contributed by atoms with Crippen LogP contribution in [0, 0.1) is 5.82 Å². The summed E-state index contributed by atoms with van der Waals surface area (Å²) in [5.41, 5.74) is 0.961. The fraction of sp³-hybridized carbons (Fsp3) is 0.571. The molecule has 4 heteroatoms. The molecule has 1 aliphatic rings. The number of halogens is 2.